The van der Waals surface area contributed by atoms with E-state index in [0.717, 1.165) is 18.8 Å². The fourth-order valence-corrected chi connectivity index (χ4v) is 1.46. The lowest BCUT2D eigenvalue weighted by molar-refractivity contribution is -0.132. The molecule has 0 aliphatic rings. The van der Waals surface area contributed by atoms with Crippen molar-refractivity contribution in [2.45, 2.75) is 59.3 Å². The quantitative estimate of drug-likeness (QED) is 0.487. The molecule has 0 aromatic rings. The number of carbonyl (C=O) groups is 1. The van der Waals surface area contributed by atoms with Gasteiger partial charge >= 0.3 is 5.97 Å². The van der Waals surface area contributed by atoms with Gasteiger partial charge < -0.3 is 5.11 Å². The third kappa shape index (κ3) is 9.51. The Morgan fingerprint density at radius 3 is 2.33 bits per heavy atom. The summed E-state index contributed by atoms with van der Waals surface area (Å²) in [5.41, 5.74) is 0.470. The summed E-state index contributed by atoms with van der Waals surface area (Å²) in [5.74, 6) is 0.00829. The lowest BCUT2D eigenvalue weighted by Crippen LogP contribution is -1.95. The molecule has 1 N–H and O–H groups in total. The van der Waals surface area contributed by atoms with Crippen molar-refractivity contribution in [2.24, 2.45) is 5.92 Å². The van der Waals surface area contributed by atoms with Crippen molar-refractivity contribution in [1.29, 1.82) is 0 Å². The molecule has 0 spiro atoms. The predicted molar refractivity (Wildman–Crippen MR) is 63.9 cm³/mol. The fourth-order valence-electron chi connectivity index (χ4n) is 1.46. The van der Waals surface area contributed by atoms with Crippen LogP contribution in [0.1, 0.15) is 59.3 Å². The highest BCUT2D eigenvalue weighted by Crippen LogP contribution is 2.11. The SMILES string of the molecule is CC(=CCCCCCCC(C)C)C(=O)O. The molecule has 2 heteroatoms. The molecule has 2 nitrogen and oxygen atoms in total. The Morgan fingerprint density at radius 2 is 1.80 bits per heavy atom. The fraction of sp³-hybridized carbons (Fsp3) is 0.769. The Morgan fingerprint density at radius 1 is 1.20 bits per heavy atom. The average molecular weight is 212 g/mol. The molecule has 0 radical (unpaired) electrons. The van der Waals surface area contributed by atoms with Crippen LogP contribution in [0.5, 0.6) is 0 Å². The lowest BCUT2D eigenvalue weighted by Gasteiger charge is -2.03. The monoisotopic (exact) mass is 212 g/mol. The van der Waals surface area contributed by atoms with Crippen LogP contribution in [0.25, 0.3) is 0 Å². The minimum Gasteiger partial charge on any atom is -0.478 e. The Balaban J connectivity index is 3.32. The molecule has 0 unspecified atom stereocenters. The Labute approximate surface area is 93.4 Å². The van der Waals surface area contributed by atoms with E-state index >= 15 is 0 Å². The van der Waals surface area contributed by atoms with Gasteiger partial charge in [0.2, 0.25) is 0 Å². The molecule has 0 saturated carbocycles. The van der Waals surface area contributed by atoms with Crippen LogP contribution in [0.3, 0.4) is 0 Å². The maximum absolute atomic E-state index is 10.5. The first-order chi connectivity index (χ1) is 7.04. The molecular formula is C13H24O2. The number of carboxylic acid groups (broad SMARTS) is 1. The van der Waals surface area contributed by atoms with Gasteiger partial charge in [0.15, 0.2) is 0 Å². The second-order valence-corrected chi connectivity index (χ2v) is 4.58. The average Bonchev–Trinajstić information content (AvgIpc) is 2.15. The van der Waals surface area contributed by atoms with E-state index in [1.165, 1.54) is 25.7 Å². The van der Waals surface area contributed by atoms with Crippen LogP contribution in [-0.2, 0) is 4.79 Å². The van der Waals surface area contributed by atoms with Crippen LogP contribution in [0, 0.1) is 5.92 Å². The van der Waals surface area contributed by atoms with Crippen molar-refractivity contribution in [3.8, 4) is 0 Å². The van der Waals surface area contributed by atoms with E-state index in [2.05, 4.69) is 13.8 Å². The van der Waals surface area contributed by atoms with Gasteiger partial charge in [-0.15, -0.1) is 0 Å². The van der Waals surface area contributed by atoms with E-state index in [1.54, 1.807) is 6.92 Å². The first kappa shape index (κ1) is 14.2. The van der Waals surface area contributed by atoms with Gasteiger partial charge in [0.1, 0.15) is 0 Å². The lowest BCUT2D eigenvalue weighted by atomic mass is 10.0. The molecule has 0 aliphatic carbocycles. The van der Waals surface area contributed by atoms with E-state index in [9.17, 15) is 4.79 Å². The van der Waals surface area contributed by atoms with E-state index in [1.807, 2.05) is 6.08 Å². The maximum atomic E-state index is 10.5. The van der Waals surface area contributed by atoms with Gasteiger partial charge in [-0.2, -0.15) is 0 Å². The van der Waals surface area contributed by atoms with Crippen molar-refractivity contribution in [3.05, 3.63) is 11.6 Å². The van der Waals surface area contributed by atoms with Crippen LogP contribution in [-0.4, -0.2) is 11.1 Å². The zero-order valence-corrected chi connectivity index (χ0v) is 10.3. The number of unbranched alkanes of at least 4 members (excludes halogenated alkanes) is 4. The normalized spacial score (nSPS) is 12.1. The molecule has 0 heterocycles. The molecule has 0 rings (SSSR count). The van der Waals surface area contributed by atoms with E-state index < -0.39 is 5.97 Å². The number of hydrogen-bond acceptors (Lipinski definition) is 1. The summed E-state index contributed by atoms with van der Waals surface area (Å²) in [6, 6.07) is 0. The number of carboxylic acids is 1. The highest BCUT2D eigenvalue weighted by atomic mass is 16.4. The molecule has 88 valence electrons. The van der Waals surface area contributed by atoms with Crippen molar-refractivity contribution in [1.82, 2.24) is 0 Å². The smallest absolute Gasteiger partial charge is 0.330 e. The van der Waals surface area contributed by atoms with Crippen molar-refractivity contribution >= 4 is 5.97 Å². The van der Waals surface area contributed by atoms with Crippen LogP contribution in [0.4, 0.5) is 0 Å². The van der Waals surface area contributed by atoms with Gasteiger partial charge in [0.05, 0.1) is 0 Å². The Hall–Kier alpha value is -0.790. The third-order valence-corrected chi connectivity index (χ3v) is 2.52. The first-order valence-corrected chi connectivity index (χ1v) is 5.94. The van der Waals surface area contributed by atoms with Gasteiger partial charge in [-0.05, 0) is 25.7 Å². The topological polar surface area (TPSA) is 37.3 Å². The van der Waals surface area contributed by atoms with Crippen molar-refractivity contribution < 1.29 is 9.90 Å². The molecular weight excluding hydrogens is 188 g/mol. The van der Waals surface area contributed by atoms with Gasteiger partial charge in [-0.1, -0.05) is 45.6 Å². The van der Waals surface area contributed by atoms with E-state index in [-0.39, 0.29) is 0 Å². The van der Waals surface area contributed by atoms with Crippen LogP contribution in [0.2, 0.25) is 0 Å². The van der Waals surface area contributed by atoms with Gasteiger partial charge in [-0.25, -0.2) is 4.79 Å². The van der Waals surface area contributed by atoms with Crippen molar-refractivity contribution in [2.75, 3.05) is 0 Å². The molecule has 0 bridgehead atoms. The summed E-state index contributed by atoms with van der Waals surface area (Å²) < 4.78 is 0. The Bertz CT molecular complexity index is 205. The summed E-state index contributed by atoms with van der Waals surface area (Å²) in [6.07, 6.45) is 8.95. The first-order valence-electron chi connectivity index (χ1n) is 5.94. The molecule has 0 saturated heterocycles. The number of aliphatic carboxylic acids is 1. The summed E-state index contributed by atoms with van der Waals surface area (Å²) in [7, 11) is 0. The summed E-state index contributed by atoms with van der Waals surface area (Å²) in [4.78, 5) is 10.5. The predicted octanol–water partition coefficient (Wildman–Crippen LogP) is 4.01. The minimum absolute atomic E-state index is 0.470. The highest BCUT2D eigenvalue weighted by molar-refractivity contribution is 5.85. The zero-order valence-electron chi connectivity index (χ0n) is 10.3. The minimum atomic E-state index is -0.796. The summed E-state index contributed by atoms with van der Waals surface area (Å²) in [5, 5.41) is 8.62. The largest absolute Gasteiger partial charge is 0.478 e. The molecule has 0 atom stereocenters. The maximum Gasteiger partial charge on any atom is 0.330 e. The summed E-state index contributed by atoms with van der Waals surface area (Å²) in [6.45, 7) is 6.15. The zero-order chi connectivity index (χ0) is 11.7. The van der Waals surface area contributed by atoms with Crippen LogP contribution >= 0.6 is 0 Å². The second kappa shape index (κ2) is 8.51. The number of hydrogen-bond donors (Lipinski definition) is 1. The third-order valence-electron chi connectivity index (χ3n) is 2.52. The second-order valence-electron chi connectivity index (χ2n) is 4.58. The molecule has 0 fully saturated rings. The van der Waals surface area contributed by atoms with E-state index in [4.69, 9.17) is 5.11 Å². The van der Waals surface area contributed by atoms with Gasteiger partial charge in [-0.3, -0.25) is 0 Å². The molecule has 0 amide bonds. The highest BCUT2D eigenvalue weighted by Gasteiger charge is 1.98. The Kier molecular flexibility index (Phi) is 8.06. The molecule has 15 heavy (non-hydrogen) atoms. The van der Waals surface area contributed by atoms with Crippen molar-refractivity contribution in [3.63, 3.8) is 0 Å². The van der Waals surface area contributed by atoms with Crippen LogP contribution in [0.15, 0.2) is 11.6 Å². The summed E-state index contributed by atoms with van der Waals surface area (Å²) >= 11 is 0. The van der Waals surface area contributed by atoms with E-state index in [0.29, 0.717) is 5.57 Å². The number of allylic oxidation sites excluding steroid dienone is 1. The van der Waals surface area contributed by atoms with Gasteiger partial charge in [0, 0.05) is 5.57 Å². The molecule has 0 aromatic heterocycles. The molecule has 0 aliphatic heterocycles. The standard InChI is InChI=1S/C13H24O2/c1-11(2)9-7-5-4-6-8-10-12(3)13(14)15/h10-11H,4-9H2,1-3H3,(H,14,15). The van der Waals surface area contributed by atoms with Crippen LogP contribution < -0.4 is 0 Å². The van der Waals surface area contributed by atoms with Gasteiger partial charge in [0.25, 0.3) is 0 Å². The molecule has 0 aromatic carbocycles. The number of rotatable bonds is 8.